The fourth-order valence-corrected chi connectivity index (χ4v) is 3.34. The fraction of sp³-hybridized carbons (Fsp3) is 0.647. The monoisotopic (exact) mass is 277 g/mol. The first-order valence-electron chi connectivity index (χ1n) is 7.71. The third-order valence-corrected chi connectivity index (χ3v) is 4.46. The third-order valence-electron chi connectivity index (χ3n) is 4.46. The van der Waals surface area contributed by atoms with Crippen molar-refractivity contribution in [3.8, 4) is 0 Å². The molecule has 4 atom stereocenters. The highest BCUT2D eigenvalue weighted by Crippen LogP contribution is 2.27. The summed E-state index contributed by atoms with van der Waals surface area (Å²) in [5, 5.41) is 13.2. The maximum absolute atomic E-state index is 9.52. The smallest absolute Gasteiger partial charge is 0.0971 e. The average Bonchev–Trinajstić information content (AvgIpc) is 2.49. The maximum atomic E-state index is 9.52. The van der Waals surface area contributed by atoms with E-state index in [2.05, 4.69) is 24.4 Å². The summed E-state index contributed by atoms with van der Waals surface area (Å²) in [6.45, 7) is 2.46. The van der Waals surface area contributed by atoms with E-state index in [1.54, 1.807) is 7.11 Å². The van der Waals surface area contributed by atoms with Crippen LogP contribution in [0.4, 0.5) is 0 Å². The molecule has 0 spiro atoms. The number of rotatable bonds is 6. The van der Waals surface area contributed by atoms with Gasteiger partial charge in [-0.2, -0.15) is 0 Å². The molecule has 3 nitrogen and oxygen atoms in total. The average molecular weight is 277 g/mol. The van der Waals surface area contributed by atoms with Gasteiger partial charge in [-0.15, -0.1) is 0 Å². The van der Waals surface area contributed by atoms with E-state index >= 15 is 0 Å². The van der Waals surface area contributed by atoms with Gasteiger partial charge in [0.2, 0.25) is 0 Å². The first-order chi connectivity index (χ1) is 9.76. The quantitative estimate of drug-likeness (QED) is 0.840. The third kappa shape index (κ3) is 3.81. The molecule has 0 aromatic heterocycles. The number of aliphatic hydroxyl groups excluding tert-OH is 1. The molecule has 0 amide bonds. The van der Waals surface area contributed by atoms with E-state index in [0.717, 1.165) is 12.8 Å². The lowest BCUT2D eigenvalue weighted by Crippen LogP contribution is -2.46. The molecule has 0 bridgehead atoms. The summed E-state index contributed by atoms with van der Waals surface area (Å²) in [5.41, 5.74) is 1.20. The maximum Gasteiger partial charge on any atom is 0.0971 e. The van der Waals surface area contributed by atoms with E-state index in [0.29, 0.717) is 12.0 Å². The van der Waals surface area contributed by atoms with Crippen LogP contribution in [0.15, 0.2) is 30.3 Å². The van der Waals surface area contributed by atoms with Gasteiger partial charge in [-0.05, 0) is 31.2 Å². The van der Waals surface area contributed by atoms with Gasteiger partial charge in [-0.3, -0.25) is 0 Å². The van der Waals surface area contributed by atoms with Gasteiger partial charge in [0, 0.05) is 25.8 Å². The van der Waals surface area contributed by atoms with Gasteiger partial charge in [0.15, 0.2) is 0 Å². The molecule has 0 radical (unpaired) electrons. The Hall–Kier alpha value is -0.900. The molecule has 2 rings (SSSR count). The Morgan fingerprint density at radius 1 is 1.25 bits per heavy atom. The van der Waals surface area contributed by atoms with E-state index in [-0.39, 0.29) is 18.8 Å². The minimum Gasteiger partial charge on any atom is -0.396 e. The Bertz CT molecular complexity index is 382. The largest absolute Gasteiger partial charge is 0.396 e. The zero-order valence-electron chi connectivity index (χ0n) is 12.6. The molecular formula is C17H27NO2. The molecule has 1 aromatic carbocycles. The normalized spacial score (nSPS) is 26.1. The van der Waals surface area contributed by atoms with Crippen LogP contribution in [0.25, 0.3) is 0 Å². The van der Waals surface area contributed by atoms with Crippen LogP contribution >= 0.6 is 0 Å². The second-order valence-electron chi connectivity index (χ2n) is 5.86. The van der Waals surface area contributed by atoms with Crippen molar-refractivity contribution in [2.45, 2.75) is 50.8 Å². The molecule has 0 unspecified atom stereocenters. The van der Waals surface area contributed by atoms with E-state index in [4.69, 9.17) is 4.74 Å². The number of nitrogens with one attached hydrogen (secondary N) is 1. The predicted molar refractivity (Wildman–Crippen MR) is 81.6 cm³/mol. The molecule has 1 fully saturated rings. The number of aliphatic hydroxyl groups is 1. The zero-order valence-corrected chi connectivity index (χ0v) is 12.6. The highest BCUT2D eigenvalue weighted by molar-refractivity contribution is 5.19. The first kappa shape index (κ1) is 15.5. The molecule has 20 heavy (non-hydrogen) atoms. The summed E-state index contributed by atoms with van der Waals surface area (Å²) in [4.78, 5) is 0. The van der Waals surface area contributed by atoms with Crippen molar-refractivity contribution in [1.82, 2.24) is 5.32 Å². The summed E-state index contributed by atoms with van der Waals surface area (Å²) in [7, 11) is 1.76. The van der Waals surface area contributed by atoms with Crippen molar-refractivity contribution < 1.29 is 9.84 Å². The van der Waals surface area contributed by atoms with Gasteiger partial charge in [0.1, 0.15) is 0 Å². The lowest BCUT2D eigenvalue weighted by Gasteiger charge is -2.35. The van der Waals surface area contributed by atoms with Crippen molar-refractivity contribution >= 4 is 0 Å². The van der Waals surface area contributed by atoms with Crippen LogP contribution in [-0.4, -0.2) is 30.9 Å². The highest BCUT2D eigenvalue weighted by Gasteiger charge is 2.28. The molecule has 0 heterocycles. The second kappa shape index (κ2) is 7.77. The Balaban J connectivity index is 2.00. The molecule has 1 aromatic rings. The van der Waals surface area contributed by atoms with Gasteiger partial charge >= 0.3 is 0 Å². The van der Waals surface area contributed by atoms with Crippen LogP contribution in [-0.2, 0) is 4.74 Å². The minimum atomic E-state index is 0.0532. The SMILES string of the molecule is CO[C@H](c1ccccc1)[C@H](C)N[C@@H]1CCCC[C@H]1CO. The number of hydrogen-bond acceptors (Lipinski definition) is 3. The van der Waals surface area contributed by atoms with E-state index in [9.17, 15) is 5.11 Å². The van der Waals surface area contributed by atoms with E-state index in [1.165, 1.54) is 18.4 Å². The molecule has 1 aliphatic carbocycles. The Kier molecular flexibility index (Phi) is 6.02. The van der Waals surface area contributed by atoms with Gasteiger partial charge in [-0.1, -0.05) is 43.2 Å². The Morgan fingerprint density at radius 3 is 2.60 bits per heavy atom. The lowest BCUT2D eigenvalue weighted by atomic mass is 9.84. The van der Waals surface area contributed by atoms with Crippen LogP contribution in [0, 0.1) is 5.92 Å². The second-order valence-corrected chi connectivity index (χ2v) is 5.86. The molecule has 0 aliphatic heterocycles. The molecule has 0 saturated heterocycles. The highest BCUT2D eigenvalue weighted by atomic mass is 16.5. The van der Waals surface area contributed by atoms with Crippen molar-refractivity contribution in [2.24, 2.45) is 5.92 Å². The standard InChI is InChI=1S/C17H27NO2/c1-13(17(20-2)14-8-4-3-5-9-14)18-16-11-7-6-10-15(16)12-19/h3-5,8-9,13,15-19H,6-7,10-12H2,1-2H3/t13-,15-,16+,17-/m0/s1. The number of benzene rings is 1. The summed E-state index contributed by atoms with van der Waals surface area (Å²) < 4.78 is 5.68. The summed E-state index contributed by atoms with van der Waals surface area (Å²) in [5.74, 6) is 0.388. The van der Waals surface area contributed by atoms with Crippen molar-refractivity contribution in [2.75, 3.05) is 13.7 Å². The molecular weight excluding hydrogens is 250 g/mol. The molecule has 3 heteroatoms. The molecule has 112 valence electrons. The predicted octanol–water partition coefficient (Wildman–Crippen LogP) is 2.90. The first-order valence-corrected chi connectivity index (χ1v) is 7.71. The Labute approximate surface area is 122 Å². The summed E-state index contributed by atoms with van der Waals surface area (Å²) in [6.07, 6.45) is 4.83. The van der Waals surface area contributed by atoms with E-state index in [1.807, 2.05) is 18.2 Å². The number of hydrogen-bond donors (Lipinski definition) is 2. The minimum absolute atomic E-state index is 0.0532. The fourth-order valence-electron chi connectivity index (χ4n) is 3.34. The van der Waals surface area contributed by atoms with Gasteiger partial charge < -0.3 is 15.2 Å². The van der Waals surface area contributed by atoms with Gasteiger partial charge in [0.05, 0.1) is 6.10 Å². The van der Waals surface area contributed by atoms with E-state index < -0.39 is 0 Å². The van der Waals surface area contributed by atoms with Crippen LogP contribution in [0.2, 0.25) is 0 Å². The van der Waals surface area contributed by atoms with Gasteiger partial charge in [-0.25, -0.2) is 0 Å². The van der Waals surface area contributed by atoms with Crippen LogP contribution < -0.4 is 5.32 Å². The van der Waals surface area contributed by atoms with Crippen molar-refractivity contribution in [1.29, 1.82) is 0 Å². The van der Waals surface area contributed by atoms with Crippen molar-refractivity contribution in [3.05, 3.63) is 35.9 Å². The topological polar surface area (TPSA) is 41.5 Å². The number of ether oxygens (including phenoxy) is 1. The summed E-state index contributed by atoms with van der Waals surface area (Å²) >= 11 is 0. The Morgan fingerprint density at radius 2 is 1.95 bits per heavy atom. The molecule has 1 saturated carbocycles. The lowest BCUT2D eigenvalue weighted by molar-refractivity contribution is 0.0570. The molecule has 1 aliphatic rings. The van der Waals surface area contributed by atoms with Crippen LogP contribution in [0.1, 0.15) is 44.3 Å². The van der Waals surface area contributed by atoms with Gasteiger partial charge in [0.25, 0.3) is 0 Å². The number of methoxy groups -OCH3 is 1. The zero-order chi connectivity index (χ0) is 14.4. The molecule has 2 N–H and O–H groups in total. The summed E-state index contributed by atoms with van der Waals surface area (Å²) in [6, 6.07) is 11.0. The van der Waals surface area contributed by atoms with Crippen LogP contribution in [0.5, 0.6) is 0 Å². The van der Waals surface area contributed by atoms with Crippen LogP contribution in [0.3, 0.4) is 0 Å². The van der Waals surface area contributed by atoms with Crippen molar-refractivity contribution in [3.63, 3.8) is 0 Å².